The summed E-state index contributed by atoms with van der Waals surface area (Å²) in [7, 11) is 0. The second-order valence-electron chi connectivity index (χ2n) is 5.95. The summed E-state index contributed by atoms with van der Waals surface area (Å²) < 4.78 is 12.1. The van der Waals surface area contributed by atoms with Gasteiger partial charge in [-0.2, -0.15) is 0 Å². The molecule has 2 N–H and O–H groups in total. The Morgan fingerprint density at radius 2 is 2.10 bits per heavy atom. The summed E-state index contributed by atoms with van der Waals surface area (Å²) in [5, 5.41) is 0.626. The van der Waals surface area contributed by atoms with E-state index in [9.17, 15) is 0 Å². The summed E-state index contributed by atoms with van der Waals surface area (Å²) >= 11 is 6.19. The smallest absolute Gasteiger partial charge is 0.138 e. The molecule has 1 aromatic carbocycles. The quantitative estimate of drug-likeness (QED) is 0.922. The van der Waals surface area contributed by atoms with Crippen LogP contribution in [0.3, 0.4) is 0 Å². The topological polar surface area (TPSA) is 44.5 Å². The molecule has 1 aliphatic heterocycles. The Morgan fingerprint density at radius 1 is 1.30 bits per heavy atom. The molecule has 1 atom stereocenters. The van der Waals surface area contributed by atoms with E-state index in [1.807, 2.05) is 18.2 Å². The fourth-order valence-electron chi connectivity index (χ4n) is 3.37. The van der Waals surface area contributed by atoms with Crippen molar-refractivity contribution in [3.8, 4) is 5.75 Å². The number of rotatable bonds is 4. The Morgan fingerprint density at radius 3 is 2.80 bits per heavy atom. The van der Waals surface area contributed by atoms with E-state index >= 15 is 0 Å². The van der Waals surface area contributed by atoms with Gasteiger partial charge >= 0.3 is 0 Å². The number of nitrogens with two attached hydrogens (primary N) is 1. The zero-order valence-electron chi connectivity index (χ0n) is 11.7. The molecule has 110 valence electrons. The monoisotopic (exact) mass is 295 g/mol. The van der Waals surface area contributed by atoms with Gasteiger partial charge in [-0.15, -0.1) is 0 Å². The molecular formula is C16H22ClNO2. The first-order valence-electron chi connectivity index (χ1n) is 7.50. The van der Waals surface area contributed by atoms with Gasteiger partial charge in [0.1, 0.15) is 12.4 Å². The summed E-state index contributed by atoms with van der Waals surface area (Å²) in [6.45, 7) is 1.08. The first kappa shape index (κ1) is 14.2. The Labute approximate surface area is 125 Å². The minimum Gasteiger partial charge on any atom is -0.489 e. The Kier molecular flexibility index (Phi) is 4.20. The van der Waals surface area contributed by atoms with Crippen LogP contribution in [0.25, 0.3) is 0 Å². The highest BCUT2D eigenvalue weighted by Crippen LogP contribution is 2.43. The lowest BCUT2D eigenvalue weighted by molar-refractivity contribution is -0.0508. The molecule has 3 nitrogen and oxygen atoms in total. The van der Waals surface area contributed by atoms with E-state index in [0.29, 0.717) is 18.2 Å². The maximum atomic E-state index is 6.23. The zero-order chi connectivity index (χ0) is 14.0. The van der Waals surface area contributed by atoms with E-state index in [-0.39, 0.29) is 11.7 Å². The average molecular weight is 296 g/mol. The molecule has 1 saturated carbocycles. The van der Waals surface area contributed by atoms with Crippen LogP contribution in [0.1, 0.15) is 44.1 Å². The van der Waals surface area contributed by atoms with Crippen LogP contribution in [0.2, 0.25) is 5.02 Å². The van der Waals surface area contributed by atoms with E-state index in [2.05, 4.69) is 0 Å². The van der Waals surface area contributed by atoms with E-state index in [4.69, 9.17) is 26.8 Å². The highest BCUT2D eigenvalue weighted by atomic mass is 35.5. The summed E-state index contributed by atoms with van der Waals surface area (Å²) in [4.78, 5) is 0. The molecule has 2 fully saturated rings. The summed E-state index contributed by atoms with van der Waals surface area (Å²) in [5.74, 6) is 0.722. The minimum atomic E-state index is 0.168. The first-order valence-corrected chi connectivity index (χ1v) is 7.88. The Balaban J connectivity index is 1.55. The van der Waals surface area contributed by atoms with Crippen molar-refractivity contribution in [1.29, 1.82) is 0 Å². The second-order valence-corrected chi connectivity index (χ2v) is 6.36. The molecule has 1 aliphatic carbocycles. The number of benzene rings is 1. The van der Waals surface area contributed by atoms with Crippen molar-refractivity contribution in [2.24, 2.45) is 5.73 Å². The number of ether oxygens (including phenoxy) is 2. The summed E-state index contributed by atoms with van der Waals surface area (Å²) in [6.07, 6.45) is 7.53. The van der Waals surface area contributed by atoms with Gasteiger partial charge in [0.2, 0.25) is 0 Å². The van der Waals surface area contributed by atoms with Crippen molar-refractivity contribution in [2.75, 3.05) is 6.61 Å². The molecule has 1 saturated heterocycles. The van der Waals surface area contributed by atoms with Crippen LogP contribution < -0.4 is 10.5 Å². The summed E-state index contributed by atoms with van der Waals surface area (Å²) in [6, 6.07) is 5.71. The van der Waals surface area contributed by atoms with Crippen LogP contribution in [-0.2, 0) is 11.3 Å². The Hall–Kier alpha value is -0.770. The van der Waals surface area contributed by atoms with Crippen LogP contribution in [0.4, 0.5) is 0 Å². The predicted octanol–water partition coefficient (Wildman–Crippen LogP) is 3.67. The molecular weight excluding hydrogens is 274 g/mol. The molecule has 0 amide bonds. The van der Waals surface area contributed by atoms with Crippen molar-refractivity contribution in [2.45, 2.75) is 56.8 Å². The van der Waals surface area contributed by atoms with Crippen LogP contribution in [0.5, 0.6) is 5.75 Å². The van der Waals surface area contributed by atoms with Crippen molar-refractivity contribution < 1.29 is 9.47 Å². The van der Waals surface area contributed by atoms with Gasteiger partial charge < -0.3 is 15.2 Å². The van der Waals surface area contributed by atoms with Gasteiger partial charge in [-0.1, -0.05) is 30.5 Å². The van der Waals surface area contributed by atoms with Gasteiger partial charge in [0.25, 0.3) is 0 Å². The van der Waals surface area contributed by atoms with Crippen molar-refractivity contribution >= 4 is 11.6 Å². The molecule has 1 spiro atoms. The molecule has 1 aromatic rings. The molecule has 0 radical (unpaired) electrons. The fourth-order valence-corrected chi connectivity index (χ4v) is 3.63. The van der Waals surface area contributed by atoms with E-state index in [1.165, 1.54) is 32.1 Å². The van der Waals surface area contributed by atoms with Gasteiger partial charge in [-0.25, -0.2) is 0 Å². The lowest BCUT2D eigenvalue weighted by Crippen LogP contribution is -2.27. The molecule has 1 unspecified atom stereocenters. The highest BCUT2D eigenvalue weighted by Gasteiger charge is 2.42. The van der Waals surface area contributed by atoms with E-state index < -0.39 is 0 Å². The Bertz CT molecular complexity index is 472. The largest absolute Gasteiger partial charge is 0.489 e. The third-order valence-electron chi connectivity index (χ3n) is 4.51. The maximum Gasteiger partial charge on any atom is 0.138 e. The van der Waals surface area contributed by atoms with Gasteiger partial charge in [0.15, 0.2) is 0 Å². The third-order valence-corrected chi connectivity index (χ3v) is 4.81. The molecule has 4 heteroatoms. The zero-order valence-corrected chi connectivity index (χ0v) is 12.5. The van der Waals surface area contributed by atoms with Crippen LogP contribution in [0.15, 0.2) is 18.2 Å². The second kappa shape index (κ2) is 5.92. The first-order chi connectivity index (χ1) is 9.71. The van der Waals surface area contributed by atoms with Gasteiger partial charge in [-0.3, -0.25) is 0 Å². The highest BCUT2D eigenvalue weighted by molar-refractivity contribution is 6.32. The van der Waals surface area contributed by atoms with Crippen molar-refractivity contribution in [1.82, 2.24) is 0 Å². The van der Waals surface area contributed by atoms with Crippen molar-refractivity contribution in [3.05, 3.63) is 28.8 Å². The van der Waals surface area contributed by atoms with E-state index in [0.717, 1.165) is 17.7 Å². The molecule has 1 heterocycles. The fraction of sp³-hybridized carbons (Fsp3) is 0.625. The van der Waals surface area contributed by atoms with Crippen LogP contribution >= 0.6 is 11.6 Å². The maximum absolute atomic E-state index is 6.23. The minimum absolute atomic E-state index is 0.168. The molecule has 0 bridgehead atoms. The number of halogens is 1. The van der Waals surface area contributed by atoms with Gasteiger partial charge in [0.05, 0.1) is 16.7 Å². The lowest BCUT2D eigenvalue weighted by atomic mass is 9.98. The third kappa shape index (κ3) is 2.95. The lowest BCUT2D eigenvalue weighted by Gasteiger charge is -2.23. The SMILES string of the molecule is NCc1ccc(OCC2CCC3(CCCC3)O2)c(Cl)c1. The predicted molar refractivity (Wildman–Crippen MR) is 80.1 cm³/mol. The van der Waals surface area contributed by atoms with Gasteiger partial charge in [0, 0.05) is 6.54 Å². The number of hydrogen-bond acceptors (Lipinski definition) is 3. The molecule has 2 aliphatic rings. The molecule has 0 aromatic heterocycles. The standard InChI is InChI=1S/C16H22ClNO2/c17-14-9-12(10-18)3-4-15(14)19-11-13-5-8-16(20-13)6-1-2-7-16/h3-4,9,13H,1-2,5-8,10-11,18H2. The normalized spacial score (nSPS) is 24.4. The molecule has 20 heavy (non-hydrogen) atoms. The van der Waals surface area contributed by atoms with Crippen LogP contribution in [-0.4, -0.2) is 18.3 Å². The number of hydrogen-bond donors (Lipinski definition) is 1. The van der Waals surface area contributed by atoms with Crippen molar-refractivity contribution in [3.63, 3.8) is 0 Å². The van der Waals surface area contributed by atoms with Crippen LogP contribution in [0, 0.1) is 0 Å². The average Bonchev–Trinajstić information content (AvgIpc) is 3.08. The summed E-state index contributed by atoms with van der Waals surface area (Å²) in [5.41, 5.74) is 6.78. The molecule has 3 rings (SSSR count). The van der Waals surface area contributed by atoms with Gasteiger partial charge in [-0.05, 0) is 43.4 Å². The van der Waals surface area contributed by atoms with E-state index in [1.54, 1.807) is 0 Å².